The second-order valence-electron chi connectivity index (χ2n) is 7.21. The molecule has 0 aromatic heterocycles. The van der Waals surface area contributed by atoms with Gasteiger partial charge in [-0.05, 0) is 62.0 Å². The van der Waals surface area contributed by atoms with Crippen molar-refractivity contribution in [3.8, 4) is 0 Å². The molecule has 1 unspecified atom stereocenters. The van der Waals surface area contributed by atoms with Crippen LogP contribution < -0.4 is 5.73 Å². The Morgan fingerprint density at radius 3 is 2.57 bits per heavy atom. The number of fused-ring (bicyclic) bond motifs is 1. The van der Waals surface area contributed by atoms with Gasteiger partial charge in [0.15, 0.2) is 0 Å². The molecule has 116 valence electrons. The summed E-state index contributed by atoms with van der Waals surface area (Å²) in [6, 6.07) is 8.48. The molecule has 2 aliphatic rings. The van der Waals surface area contributed by atoms with Crippen molar-refractivity contribution in [3.63, 3.8) is 0 Å². The molecule has 1 fully saturated rings. The Morgan fingerprint density at radius 2 is 1.90 bits per heavy atom. The van der Waals surface area contributed by atoms with Gasteiger partial charge < -0.3 is 10.8 Å². The van der Waals surface area contributed by atoms with E-state index in [9.17, 15) is 5.11 Å². The third kappa shape index (κ3) is 2.33. The molecule has 3 rings (SSSR count). The first-order chi connectivity index (χ1) is 10.1. The molecule has 21 heavy (non-hydrogen) atoms. The minimum atomic E-state index is -0.713. The molecular formula is C19H29NO. The minimum Gasteiger partial charge on any atom is -0.385 e. The van der Waals surface area contributed by atoms with E-state index < -0.39 is 5.60 Å². The van der Waals surface area contributed by atoms with Crippen LogP contribution in [0, 0.1) is 11.3 Å². The SMILES string of the molecule is CCC1CCC(CN)(C2(O)CCCc3ccccc32)CC1. The standard InChI is InChI=1S/C19H29NO/c1-2-15-9-12-18(14-20,13-10-15)19(21)11-5-7-16-6-3-4-8-17(16)19/h3-4,6,8,15,21H,2,5,7,9-14,20H2,1H3. The van der Waals surface area contributed by atoms with Gasteiger partial charge in [-0.1, -0.05) is 37.6 Å². The molecule has 0 amide bonds. The van der Waals surface area contributed by atoms with Gasteiger partial charge in [-0.25, -0.2) is 0 Å². The van der Waals surface area contributed by atoms with Crippen LogP contribution in [-0.2, 0) is 12.0 Å². The van der Waals surface area contributed by atoms with E-state index in [1.807, 2.05) is 0 Å². The van der Waals surface area contributed by atoms with Crippen molar-refractivity contribution in [2.24, 2.45) is 17.1 Å². The Balaban J connectivity index is 1.97. The van der Waals surface area contributed by atoms with Gasteiger partial charge in [-0.15, -0.1) is 0 Å². The van der Waals surface area contributed by atoms with Gasteiger partial charge >= 0.3 is 0 Å². The first-order valence-electron chi connectivity index (χ1n) is 8.66. The van der Waals surface area contributed by atoms with Crippen molar-refractivity contribution < 1.29 is 5.11 Å². The van der Waals surface area contributed by atoms with E-state index in [-0.39, 0.29) is 5.41 Å². The molecule has 2 nitrogen and oxygen atoms in total. The zero-order chi connectivity index (χ0) is 14.9. The van der Waals surface area contributed by atoms with Gasteiger partial charge in [-0.2, -0.15) is 0 Å². The summed E-state index contributed by atoms with van der Waals surface area (Å²) in [6.45, 7) is 2.89. The second-order valence-corrected chi connectivity index (χ2v) is 7.21. The van der Waals surface area contributed by atoms with E-state index in [0.29, 0.717) is 6.54 Å². The summed E-state index contributed by atoms with van der Waals surface area (Å²) in [7, 11) is 0. The predicted octanol–water partition coefficient (Wildman–Crippen LogP) is 3.76. The molecule has 1 atom stereocenters. The van der Waals surface area contributed by atoms with Crippen molar-refractivity contribution >= 4 is 0 Å². The van der Waals surface area contributed by atoms with Gasteiger partial charge in [0.2, 0.25) is 0 Å². The predicted molar refractivity (Wildman–Crippen MR) is 87.0 cm³/mol. The minimum absolute atomic E-state index is 0.116. The van der Waals surface area contributed by atoms with Crippen molar-refractivity contribution in [2.75, 3.05) is 6.54 Å². The molecular weight excluding hydrogens is 258 g/mol. The lowest BCUT2D eigenvalue weighted by atomic mass is 9.56. The van der Waals surface area contributed by atoms with Crippen LogP contribution in [-0.4, -0.2) is 11.7 Å². The maximum absolute atomic E-state index is 11.7. The smallest absolute Gasteiger partial charge is 0.0967 e. The Hall–Kier alpha value is -0.860. The van der Waals surface area contributed by atoms with Crippen LogP contribution in [0.1, 0.15) is 63.0 Å². The lowest BCUT2D eigenvalue weighted by molar-refractivity contribution is -0.122. The Bertz CT molecular complexity index is 490. The van der Waals surface area contributed by atoms with Crippen molar-refractivity contribution in [3.05, 3.63) is 35.4 Å². The molecule has 1 saturated carbocycles. The molecule has 3 N–H and O–H groups in total. The lowest BCUT2D eigenvalue weighted by Gasteiger charge is -2.53. The summed E-state index contributed by atoms with van der Waals surface area (Å²) < 4.78 is 0. The Labute approximate surface area is 128 Å². The normalized spacial score (nSPS) is 36.2. The number of aryl methyl sites for hydroxylation is 1. The molecule has 1 aromatic rings. The molecule has 0 bridgehead atoms. The summed E-state index contributed by atoms with van der Waals surface area (Å²) in [6.07, 6.45) is 8.90. The van der Waals surface area contributed by atoms with Crippen LogP contribution in [0.4, 0.5) is 0 Å². The van der Waals surface area contributed by atoms with Crippen LogP contribution in [0.2, 0.25) is 0 Å². The maximum Gasteiger partial charge on any atom is 0.0967 e. The van der Waals surface area contributed by atoms with E-state index in [1.54, 1.807) is 0 Å². The number of aliphatic hydroxyl groups is 1. The van der Waals surface area contributed by atoms with Gasteiger partial charge in [0.05, 0.1) is 5.60 Å². The average Bonchev–Trinajstić information content (AvgIpc) is 2.55. The third-order valence-electron chi connectivity index (χ3n) is 6.36. The molecule has 1 aromatic carbocycles. The molecule has 0 radical (unpaired) electrons. The molecule has 2 heteroatoms. The fourth-order valence-corrected chi connectivity index (χ4v) is 4.79. The van der Waals surface area contributed by atoms with Crippen LogP contribution in [0.15, 0.2) is 24.3 Å². The quantitative estimate of drug-likeness (QED) is 0.889. The summed E-state index contributed by atoms with van der Waals surface area (Å²) >= 11 is 0. The highest BCUT2D eigenvalue weighted by Crippen LogP contribution is 2.55. The molecule has 0 spiro atoms. The highest BCUT2D eigenvalue weighted by molar-refractivity contribution is 5.37. The number of hydrogen-bond acceptors (Lipinski definition) is 2. The highest BCUT2D eigenvalue weighted by Gasteiger charge is 2.52. The van der Waals surface area contributed by atoms with Crippen molar-refractivity contribution in [2.45, 2.75) is 63.9 Å². The Morgan fingerprint density at radius 1 is 1.19 bits per heavy atom. The summed E-state index contributed by atoms with van der Waals surface area (Å²) in [5.74, 6) is 0.826. The average molecular weight is 287 g/mol. The van der Waals surface area contributed by atoms with E-state index in [1.165, 1.54) is 24.8 Å². The first-order valence-corrected chi connectivity index (χ1v) is 8.66. The zero-order valence-corrected chi connectivity index (χ0v) is 13.3. The van der Waals surface area contributed by atoms with Crippen molar-refractivity contribution in [1.29, 1.82) is 0 Å². The number of rotatable bonds is 3. The molecule has 0 heterocycles. The van der Waals surface area contributed by atoms with Gasteiger partial charge in [0.25, 0.3) is 0 Å². The largest absolute Gasteiger partial charge is 0.385 e. The first kappa shape index (κ1) is 15.1. The van der Waals surface area contributed by atoms with Crippen LogP contribution in [0.3, 0.4) is 0 Å². The molecule has 0 saturated heterocycles. The van der Waals surface area contributed by atoms with E-state index in [2.05, 4.69) is 31.2 Å². The highest BCUT2D eigenvalue weighted by atomic mass is 16.3. The van der Waals surface area contributed by atoms with Gasteiger partial charge in [0, 0.05) is 12.0 Å². The zero-order valence-electron chi connectivity index (χ0n) is 13.3. The van der Waals surface area contributed by atoms with Crippen LogP contribution >= 0.6 is 0 Å². The lowest BCUT2D eigenvalue weighted by Crippen LogP contribution is -2.53. The van der Waals surface area contributed by atoms with E-state index >= 15 is 0 Å². The summed E-state index contributed by atoms with van der Waals surface area (Å²) in [4.78, 5) is 0. The molecule has 0 aliphatic heterocycles. The monoisotopic (exact) mass is 287 g/mol. The van der Waals surface area contributed by atoms with Crippen LogP contribution in [0.5, 0.6) is 0 Å². The van der Waals surface area contributed by atoms with E-state index in [4.69, 9.17) is 5.73 Å². The second kappa shape index (κ2) is 5.73. The van der Waals surface area contributed by atoms with E-state index in [0.717, 1.165) is 43.6 Å². The third-order valence-corrected chi connectivity index (χ3v) is 6.36. The fourth-order valence-electron chi connectivity index (χ4n) is 4.79. The number of benzene rings is 1. The van der Waals surface area contributed by atoms with Crippen LogP contribution in [0.25, 0.3) is 0 Å². The molecule has 2 aliphatic carbocycles. The maximum atomic E-state index is 11.7. The number of nitrogens with two attached hydrogens (primary N) is 1. The summed E-state index contributed by atoms with van der Waals surface area (Å²) in [5.41, 5.74) is 7.90. The van der Waals surface area contributed by atoms with Gasteiger partial charge in [0.1, 0.15) is 0 Å². The fraction of sp³-hybridized carbons (Fsp3) is 0.684. The van der Waals surface area contributed by atoms with Crippen molar-refractivity contribution in [1.82, 2.24) is 0 Å². The Kier molecular flexibility index (Phi) is 4.11. The van der Waals surface area contributed by atoms with Gasteiger partial charge in [-0.3, -0.25) is 0 Å². The summed E-state index contributed by atoms with van der Waals surface area (Å²) in [5, 5.41) is 11.7. The topological polar surface area (TPSA) is 46.2 Å². The number of hydrogen-bond donors (Lipinski definition) is 2.